The number of hydrogen-bond donors (Lipinski definition) is 0. The van der Waals surface area contributed by atoms with Gasteiger partial charge >= 0.3 is 17.1 Å². The number of nitrogens with zero attached hydrogens (tertiary/aromatic N) is 3. The van der Waals surface area contributed by atoms with E-state index in [0.717, 1.165) is 22.5 Å². The molecule has 1 heterocycles. The smallest absolute Gasteiger partial charge is 0.279 e. The van der Waals surface area contributed by atoms with E-state index in [9.17, 15) is 0 Å². The molecular weight excluding hydrogens is 398 g/mol. The fourth-order valence-electron chi connectivity index (χ4n) is 3.11. The van der Waals surface area contributed by atoms with Gasteiger partial charge in [0.25, 0.3) is 0 Å². The first-order valence-electron chi connectivity index (χ1n) is 9.33. The summed E-state index contributed by atoms with van der Waals surface area (Å²) in [5.74, 6) is 0. The Hall–Kier alpha value is -3.20. The molecule has 5 aromatic rings. The summed E-state index contributed by atoms with van der Waals surface area (Å²) in [6.07, 6.45) is 0. The van der Waals surface area contributed by atoms with Gasteiger partial charge in [-0.3, -0.25) is 4.68 Å². The fraction of sp³-hybridized carbons (Fsp3) is 0.0400. The SMILES string of the molecule is [Fe+2].c1cc[cH-]c1.c1ccc(Cn2nnc(-[c-]3cccc3)c2-c2ccccc2)cc1. The van der Waals surface area contributed by atoms with E-state index in [4.69, 9.17) is 0 Å². The molecule has 0 unspecified atom stereocenters. The molecular formula is C25H21FeN3. The maximum Gasteiger partial charge on any atom is 2.00 e. The van der Waals surface area contributed by atoms with Crippen LogP contribution in [0.5, 0.6) is 0 Å². The quantitative estimate of drug-likeness (QED) is 0.273. The third kappa shape index (κ3) is 5.20. The summed E-state index contributed by atoms with van der Waals surface area (Å²) in [6.45, 7) is 0.707. The summed E-state index contributed by atoms with van der Waals surface area (Å²) in [4.78, 5) is 0. The van der Waals surface area contributed by atoms with Gasteiger partial charge in [-0.15, -0.1) is 12.1 Å². The summed E-state index contributed by atoms with van der Waals surface area (Å²) in [6, 6.07) is 38.9. The normalized spacial score (nSPS) is 9.93. The van der Waals surface area contributed by atoms with E-state index in [0.29, 0.717) is 6.54 Å². The minimum atomic E-state index is 0. The second-order valence-corrected chi connectivity index (χ2v) is 6.43. The molecule has 4 aromatic carbocycles. The van der Waals surface area contributed by atoms with Crippen LogP contribution in [0.15, 0.2) is 115 Å². The van der Waals surface area contributed by atoms with Crippen molar-refractivity contribution in [1.82, 2.24) is 15.0 Å². The van der Waals surface area contributed by atoms with Crippen LogP contribution < -0.4 is 0 Å². The van der Waals surface area contributed by atoms with E-state index in [1.54, 1.807) is 0 Å². The molecule has 5 rings (SSSR count). The Kier molecular flexibility index (Phi) is 7.34. The molecule has 0 fully saturated rings. The van der Waals surface area contributed by atoms with Gasteiger partial charge in [-0.1, -0.05) is 71.4 Å². The summed E-state index contributed by atoms with van der Waals surface area (Å²) < 4.78 is 1.98. The topological polar surface area (TPSA) is 30.7 Å². The number of benzene rings is 2. The van der Waals surface area contributed by atoms with Crippen LogP contribution >= 0.6 is 0 Å². The predicted molar refractivity (Wildman–Crippen MR) is 114 cm³/mol. The van der Waals surface area contributed by atoms with Gasteiger partial charge < -0.3 is 0 Å². The molecule has 0 atom stereocenters. The molecule has 0 bridgehead atoms. The third-order valence-electron chi connectivity index (χ3n) is 4.45. The molecule has 0 radical (unpaired) electrons. The standard InChI is InChI=1S/C20H16N3.C5H5.Fe/c1-3-9-16(10-4-1)15-23-20(18-13-5-2-6-14-18)19(21-22-23)17-11-7-8-12-17;1-2-4-5-3-1;/h1-14H,15H2;1-5H;/q2*-1;+2. The van der Waals surface area contributed by atoms with Crippen molar-refractivity contribution in [3.8, 4) is 22.5 Å². The van der Waals surface area contributed by atoms with Crippen molar-refractivity contribution in [1.29, 1.82) is 0 Å². The van der Waals surface area contributed by atoms with Gasteiger partial charge in [-0.05, 0) is 11.1 Å². The monoisotopic (exact) mass is 419 g/mol. The molecule has 4 heteroatoms. The van der Waals surface area contributed by atoms with Crippen molar-refractivity contribution in [3.63, 3.8) is 0 Å². The third-order valence-corrected chi connectivity index (χ3v) is 4.45. The molecule has 1 aromatic heterocycles. The second-order valence-electron chi connectivity index (χ2n) is 6.43. The zero-order valence-electron chi connectivity index (χ0n) is 15.9. The van der Waals surface area contributed by atoms with Crippen molar-refractivity contribution in [2.75, 3.05) is 0 Å². The van der Waals surface area contributed by atoms with Gasteiger partial charge in [0.05, 0.1) is 6.54 Å². The van der Waals surface area contributed by atoms with Crippen molar-refractivity contribution in [2.45, 2.75) is 6.54 Å². The Morgan fingerprint density at radius 3 is 1.97 bits per heavy atom. The van der Waals surface area contributed by atoms with Crippen LogP contribution in [0.3, 0.4) is 0 Å². The fourth-order valence-corrected chi connectivity index (χ4v) is 3.11. The first-order valence-corrected chi connectivity index (χ1v) is 9.33. The van der Waals surface area contributed by atoms with Crippen LogP contribution in [0.2, 0.25) is 0 Å². The van der Waals surface area contributed by atoms with Gasteiger partial charge in [0, 0.05) is 11.4 Å². The van der Waals surface area contributed by atoms with Crippen LogP contribution in [0.4, 0.5) is 0 Å². The van der Waals surface area contributed by atoms with Crippen LogP contribution in [0.1, 0.15) is 5.56 Å². The van der Waals surface area contributed by atoms with E-state index in [1.165, 1.54) is 5.56 Å². The van der Waals surface area contributed by atoms with Gasteiger partial charge in [0.2, 0.25) is 0 Å². The van der Waals surface area contributed by atoms with Crippen LogP contribution in [0.25, 0.3) is 22.5 Å². The van der Waals surface area contributed by atoms with E-state index in [-0.39, 0.29) is 17.1 Å². The Bertz CT molecular complexity index is 1050. The maximum atomic E-state index is 4.44. The van der Waals surface area contributed by atoms with E-state index in [1.807, 2.05) is 83.5 Å². The summed E-state index contributed by atoms with van der Waals surface area (Å²) in [7, 11) is 0. The molecule has 0 aliphatic carbocycles. The first-order chi connectivity index (χ1) is 13.9. The maximum absolute atomic E-state index is 4.44. The van der Waals surface area contributed by atoms with Crippen molar-refractivity contribution in [3.05, 3.63) is 121 Å². The van der Waals surface area contributed by atoms with Crippen molar-refractivity contribution in [2.24, 2.45) is 0 Å². The van der Waals surface area contributed by atoms with Crippen LogP contribution in [-0.4, -0.2) is 15.0 Å². The van der Waals surface area contributed by atoms with E-state index in [2.05, 4.69) is 46.7 Å². The zero-order valence-corrected chi connectivity index (χ0v) is 17.0. The number of hydrogen-bond acceptors (Lipinski definition) is 2. The van der Waals surface area contributed by atoms with Gasteiger partial charge in [-0.25, -0.2) is 12.1 Å². The summed E-state index contributed by atoms with van der Waals surface area (Å²) in [5.41, 5.74) is 5.43. The van der Waals surface area contributed by atoms with Crippen LogP contribution in [-0.2, 0) is 23.6 Å². The minimum absolute atomic E-state index is 0. The van der Waals surface area contributed by atoms with Gasteiger partial charge in [0.15, 0.2) is 0 Å². The Balaban J connectivity index is 0.000000352. The molecule has 0 spiro atoms. The zero-order chi connectivity index (χ0) is 19.0. The minimum Gasteiger partial charge on any atom is -0.279 e. The van der Waals surface area contributed by atoms with Gasteiger partial charge in [0.1, 0.15) is 0 Å². The molecule has 0 saturated heterocycles. The molecule has 0 amide bonds. The molecule has 0 saturated carbocycles. The molecule has 3 nitrogen and oxygen atoms in total. The molecule has 0 aliphatic rings. The summed E-state index contributed by atoms with van der Waals surface area (Å²) in [5, 5.41) is 8.85. The average Bonchev–Trinajstić information content (AvgIpc) is 3.52. The largest absolute Gasteiger partial charge is 2.00 e. The Morgan fingerprint density at radius 1 is 0.759 bits per heavy atom. The van der Waals surface area contributed by atoms with E-state index >= 15 is 0 Å². The van der Waals surface area contributed by atoms with Gasteiger partial charge in [-0.2, -0.15) is 35.4 Å². The first kappa shape index (κ1) is 20.5. The van der Waals surface area contributed by atoms with Crippen molar-refractivity contribution < 1.29 is 17.1 Å². The number of aromatic nitrogens is 3. The Labute approximate surface area is 181 Å². The second kappa shape index (κ2) is 10.4. The average molecular weight is 419 g/mol. The number of rotatable bonds is 4. The summed E-state index contributed by atoms with van der Waals surface area (Å²) >= 11 is 0. The van der Waals surface area contributed by atoms with Crippen LogP contribution in [0, 0.1) is 0 Å². The molecule has 0 N–H and O–H groups in total. The Morgan fingerprint density at radius 2 is 1.38 bits per heavy atom. The van der Waals surface area contributed by atoms with E-state index < -0.39 is 0 Å². The predicted octanol–water partition coefficient (Wildman–Crippen LogP) is 5.78. The molecule has 144 valence electrons. The van der Waals surface area contributed by atoms with Crippen molar-refractivity contribution >= 4 is 0 Å². The molecule has 0 aliphatic heterocycles. The molecule has 29 heavy (non-hydrogen) atoms.